The molecule has 114 valence electrons. The molecule has 0 fully saturated rings. The molecule has 5 nitrogen and oxygen atoms in total. The fraction of sp³-hybridized carbons (Fsp3) is 0.308. The van der Waals surface area contributed by atoms with E-state index in [2.05, 4.69) is 9.82 Å². The van der Waals surface area contributed by atoms with Crippen LogP contribution >= 0.6 is 23.2 Å². The summed E-state index contributed by atoms with van der Waals surface area (Å²) >= 11 is 11.7. The van der Waals surface area contributed by atoms with Gasteiger partial charge in [0.1, 0.15) is 0 Å². The van der Waals surface area contributed by atoms with E-state index < -0.39 is 10.0 Å². The first kappa shape index (κ1) is 16.3. The number of benzene rings is 1. The molecule has 2 aromatic rings. The van der Waals surface area contributed by atoms with Crippen LogP contribution in [0.25, 0.3) is 0 Å². The van der Waals surface area contributed by atoms with Crippen molar-refractivity contribution in [3.05, 3.63) is 52.3 Å². The molecule has 0 aliphatic heterocycles. The zero-order chi connectivity index (χ0) is 15.5. The van der Waals surface area contributed by atoms with Gasteiger partial charge in [0.2, 0.25) is 10.0 Å². The first-order valence-corrected chi connectivity index (χ1v) is 8.68. The summed E-state index contributed by atoms with van der Waals surface area (Å²) in [6, 6.07) is 6.31. The number of rotatable bonds is 6. The third-order valence-corrected chi connectivity index (χ3v) is 4.96. The average Bonchev–Trinajstić information content (AvgIpc) is 2.85. The molecule has 0 bridgehead atoms. The number of aromatic nitrogens is 2. The number of halogens is 2. The SMILES string of the molecule is CC(Cn1cccn1)NS(=O)(=O)Cc1ccc(Cl)c(Cl)c1. The van der Waals surface area contributed by atoms with E-state index >= 15 is 0 Å². The molecule has 0 saturated heterocycles. The quantitative estimate of drug-likeness (QED) is 0.873. The lowest BCUT2D eigenvalue weighted by molar-refractivity contribution is 0.493. The number of nitrogens with zero attached hydrogens (tertiary/aromatic N) is 2. The van der Waals surface area contributed by atoms with Crippen LogP contribution in [0, 0.1) is 0 Å². The summed E-state index contributed by atoms with van der Waals surface area (Å²) in [4.78, 5) is 0. The molecule has 1 aromatic heterocycles. The maximum absolute atomic E-state index is 12.1. The Bertz CT molecular complexity index is 702. The molecule has 1 atom stereocenters. The second kappa shape index (κ2) is 6.79. The first-order valence-electron chi connectivity index (χ1n) is 6.27. The Labute approximate surface area is 133 Å². The van der Waals surface area contributed by atoms with Gasteiger partial charge in [0.25, 0.3) is 0 Å². The van der Waals surface area contributed by atoms with Gasteiger partial charge in [-0.1, -0.05) is 29.3 Å². The van der Waals surface area contributed by atoms with Crippen LogP contribution in [-0.4, -0.2) is 24.2 Å². The molecule has 1 unspecified atom stereocenters. The second-order valence-electron chi connectivity index (χ2n) is 4.75. The predicted octanol–water partition coefficient (Wildman–Crippen LogP) is 2.70. The highest BCUT2D eigenvalue weighted by atomic mass is 35.5. The lowest BCUT2D eigenvalue weighted by Gasteiger charge is -2.14. The van der Waals surface area contributed by atoms with Crippen LogP contribution in [0.1, 0.15) is 12.5 Å². The van der Waals surface area contributed by atoms with E-state index in [1.807, 2.05) is 0 Å². The van der Waals surface area contributed by atoms with Crippen LogP contribution in [0.4, 0.5) is 0 Å². The summed E-state index contributed by atoms with van der Waals surface area (Å²) in [7, 11) is -3.46. The lowest BCUT2D eigenvalue weighted by atomic mass is 10.2. The van der Waals surface area contributed by atoms with Gasteiger partial charge in [-0.25, -0.2) is 13.1 Å². The maximum Gasteiger partial charge on any atom is 0.216 e. The molecule has 1 N–H and O–H groups in total. The summed E-state index contributed by atoms with van der Waals surface area (Å²) in [5.41, 5.74) is 0.586. The van der Waals surface area contributed by atoms with Crippen molar-refractivity contribution in [2.24, 2.45) is 0 Å². The Kier molecular flexibility index (Phi) is 5.27. The zero-order valence-electron chi connectivity index (χ0n) is 11.3. The Morgan fingerprint density at radius 1 is 1.33 bits per heavy atom. The summed E-state index contributed by atoms with van der Waals surface area (Å²) in [5.74, 6) is -0.145. The van der Waals surface area contributed by atoms with E-state index in [9.17, 15) is 8.42 Å². The molecular formula is C13H15Cl2N3O2S. The van der Waals surface area contributed by atoms with Crippen LogP contribution in [0.15, 0.2) is 36.7 Å². The maximum atomic E-state index is 12.1. The normalized spacial score (nSPS) is 13.3. The van der Waals surface area contributed by atoms with Crippen LogP contribution in [-0.2, 0) is 22.3 Å². The summed E-state index contributed by atoms with van der Waals surface area (Å²) in [6.45, 7) is 2.25. The third-order valence-electron chi connectivity index (χ3n) is 2.74. The Morgan fingerprint density at radius 2 is 2.10 bits per heavy atom. The molecule has 8 heteroatoms. The van der Waals surface area contributed by atoms with Crippen molar-refractivity contribution >= 4 is 33.2 Å². The highest BCUT2D eigenvalue weighted by molar-refractivity contribution is 7.88. The van der Waals surface area contributed by atoms with E-state index in [1.165, 1.54) is 0 Å². The topological polar surface area (TPSA) is 64.0 Å². The van der Waals surface area contributed by atoms with E-state index in [4.69, 9.17) is 23.2 Å². The predicted molar refractivity (Wildman–Crippen MR) is 83.9 cm³/mol. The van der Waals surface area contributed by atoms with E-state index in [1.54, 1.807) is 48.3 Å². The monoisotopic (exact) mass is 347 g/mol. The van der Waals surface area contributed by atoms with Crippen LogP contribution in [0.5, 0.6) is 0 Å². The molecule has 0 aliphatic rings. The van der Waals surface area contributed by atoms with Gasteiger partial charge < -0.3 is 0 Å². The van der Waals surface area contributed by atoms with Gasteiger partial charge in [-0.2, -0.15) is 5.10 Å². The van der Waals surface area contributed by atoms with Crippen molar-refractivity contribution < 1.29 is 8.42 Å². The first-order chi connectivity index (χ1) is 9.85. The minimum atomic E-state index is -3.46. The number of nitrogens with one attached hydrogen (secondary N) is 1. The number of hydrogen-bond donors (Lipinski definition) is 1. The van der Waals surface area contributed by atoms with Crippen molar-refractivity contribution in [2.75, 3.05) is 0 Å². The van der Waals surface area contributed by atoms with Gasteiger partial charge in [-0.05, 0) is 30.7 Å². The largest absolute Gasteiger partial charge is 0.271 e. The molecule has 0 saturated carbocycles. The van der Waals surface area contributed by atoms with Crippen molar-refractivity contribution in [1.82, 2.24) is 14.5 Å². The summed E-state index contributed by atoms with van der Waals surface area (Å²) in [5, 5.41) is 4.78. The van der Waals surface area contributed by atoms with Gasteiger partial charge in [0, 0.05) is 18.4 Å². The van der Waals surface area contributed by atoms with E-state index in [0.717, 1.165) is 0 Å². The van der Waals surface area contributed by atoms with Crippen molar-refractivity contribution in [3.63, 3.8) is 0 Å². The van der Waals surface area contributed by atoms with E-state index in [-0.39, 0.29) is 11.8 Å². The Morgan fingerprint density at radius 3 is 2.71 bits per heavy atom. The van der Waals surface area contributed by atoms with Gasteiger partial charge in [-0.3, -0.25) is 4.68 Å². The molecule has 0 spiro atoms. The minimum absolute atomic E-state index is 0.145. The highest BCUT2D eigenvalue weighted by Crippen LogP contribution is 2.23. The van der Waals surface area contributed by atoms with E-state index in [0.29, 0.717) is 22.2 Å². The number of hydrogen-bond acceptors (Lipinski definition) is 3. The zero-order valence-corrected chi connectivity index (χ0v) is 13.7. The van der Waals surface area contributed by atoms with Gasteiger partial charge in [0.15, 0.2) is 0 Å². The fourth-order valence-electron chi connectivity index (χ4n) is 1.92. The van der Waals surface area contributed by atoms with Crippen molar-refractivity contribution in [1.29, 1.82) is 0 Å². The third kappa shape index (κ3) is 5.00. The summed E-state index contributed by atoms with van der Waals surface area (Å²) < 4.78 is 28.5. The van der Waals surface area contributed by atoms with Gasteiger partial charge >= 0.3 is 0 Å². The minimum Gasteiger partial charge on any atom is -0.271 e. The molecule has 1 aromatic carbocycles. The lowest BCUT2D eigenvalue weighted by Crippen LogP contribution is -2.36. The van der Waals surface area contributed by atoms with Crippen molar-refractivity contribution in [3.8, 4) is 0 Å². The van der Waals surface area contributed by atoms with Crippen LogP contribution in [0.3, 0.4) is 0 Å². The fourth-order valence-corrected chi connectivity index (χ4v) is 3.63. The average molecular weight is 348 g/mol. The highest BCUT2D eigenvalue weighted by Gasteiger charge is 2.16. The summed E-state index contributed by atoms with van der Waals surface area (Å²) in [6.07, 6.45) is 3.43. The molecule has 1 heterocycles. The Balaban J connectivity index is 1.99. The standard InChI is InChI=1S/C13H15Cl2N3O2S/c1-10(8-18-6-2-5-16-18)17-21(19,20)9-11-3-4-12(14)13(15)7-11/h2-7,10,17H,8-9H2,1H3. The smallest absolute Gasteiger partial charge is 0.216 e. The second-order valence-corrected chi connectivity index (χ2v) is 7.32. The van der Waals surface area contributed by atoms with Gasteiger partial charge in [-0.15, -0.1) is 0 Å². The molecule has 21 heavy (non-hydrogen) atoms. The van der Waals surface area contributed by atoms with Crippen LogP contribution in [0.2, 0.25) is 10.0 Å². The Hall–Kier alpha value is -1.08. The van der Waals surface area contributed by atoms with Gasteiger partial charge in [0.05, 0.1) is 22.3 Å². The molecule has 0 radical (unpaired) electrons. The molecule has 2 rings (SSSR count). The van der Waals surface area contributed by atoms with Crippen molar-refractivity contribution in [2.45, 2.75) is 25.3 Å². The molecular weight excluding hydrogens is 333 g/mol. The molecule has 0 amide bonds. The molecule has 0 aliphatic carbocycles. The van der Waals surface area contributed by atoms with Crippen LogP contribution < -0.4 is 4.72 Å². The number of sulfonamides is 1.